The van der Waals surface area contributed by atoms with Crippen molar-refractivity contribution in [3.8, 4) is 0 Å². The van der Waals surface area contributed by atoms with Crippen LogP contribution in [-0.2, 0) is 4.79 Å². The lowest BCUT2D eigenvalue weighted by Gasteiger charge is -2.20. The minimum Gasteiger partial charge on any atom is -0.325 e. The summed E-state index contributed by atoms with van der Waals surface area (Å²) < 4.78 is 0.942. The van der Waals surface area contributed by atoms with Crippen LogP contribution in [0.1, 0.15) is 38.5 Å². The van der Waals surface area contributed by atoms with Crippen LogP contribution in [0.4, 0.5) is 5.69 Å². The van der Waals surface area contributed by atoms with E-state index in [4.69, 9.17) is 0 Å². The molecule has 2 rings (SSSR count). The SMILES string of the molecule is O=C(CC1CCCCC1)Nc1ccccc1Br. The van der Waals surface area contributed by atoms with Crippen LogP contribution in [-0.4, -0.2) is 5.91 Å². The fraction of sp³-hybridized carbons (Fsp3) is 0.500. The number of hydrogen-bond acceptors (Lipinski definition) is 1. The highest BCUT2D eigenvalue weighted by molar-refractivity contribution is 9.10. The summed E-state index contributed by atoms with van der Waals surface area (Å²) in [6.45, 7) is 0. The second-order valence-electron chi connectivity index (χ2n) is 4.74. The van der Waals surface area contributed by atoms with Gasteiger partial charge in [0.2, 0.25) is 5.91 Å². The van der Waals surface area contributed by atoms with Gasteiger partial charge >= 0.3 is 0 Å². The smallest absolute Gasteiger partial charge is 0.224 e. The zero-order chi connectivity index (χ0) is 12.1. The highest BCUT2D eigenvalue weighted by atomic mass is 79.9. The number of rotatable bonds is 3. The van der Waals surface area contributed by atoms with Gasteiger partial charge < -0.3 is 5.32 Å². The van der Waals surface area contributed by atoms with E-state index in [1.54, 1.807) is 0 Å². The number of hydrogen-bond donors (Lipinski definition) is 1. The maximum atomic E-state index is 11.9. The summed E-state index contributed by atoms with van der Waals surface area (Å²) in [4.78, 5) is 11.9. The van der Waals surface area contributed by atoms with Gasteiger partial charge in [0.25, 0.3) is 0 Å². The molecule has 1 aliphatic carbocycles. The molecule has 0 unspecified atom stereocenters. The van der Waals surface area contributed by atoms with E-state index in [0.717, 1.165) is 10.2 Å². The molecule has 1 aromatic rings. The molecular formula is C14H18BrNO. The van der Waals surface area contributed by atoms with Crippen molar-refractivity contribution in [1.29, 1.82) is 0 Å². The van der Waals surface area contributed by atoms with Gasteiger partial charge in [-0.2, -0.15) is 0 Å². The molecule has 1 saturated carbocycles. The van der Waals surface area contributed by atoms with E-state index in [0.29, 0.717) is 12.3 Å². The molecule has 3 heteroatoms. The summed E-state index contributed by atoms with van der Waals surface area (Å²) in [5.41, 5.74) is 0.869. The maximum absolute atomic E-state index is 11.9. The average molecular weight is 296 g/mol. The lowest BCUT2D eigenvalue weighted by molar-refractivity contribution is -0.117. The Bertz CT molecular complexity index is 386. The number of halogens is 1. The quantitative estimate of drug-likeness (QED) is 0.882. The minimum atomic E-state index is 0.142. The van der Waals surface area contributed by atoms with E-state index >= 15 is 0 Å². The van der Waals surface area contributed by atoms with Crippen molar-refractivity contribution in [2.24, 2.45) is 5.92 Å². The van der Waals surface area contributed by atoms with Crippen LogP contribution in [0.15, 0.2) is 28.7 Å². The van der Waals surface area contributed by atoms with Crippen LogP contribution in [0.2, 0.25) is 0 Å². The predicted octanol–water partition coefficient (Wildman–Crippen LogP) is 4.36. The Morgan fingerprint density at radius 3 is 2.65 bits per heavy atom. The first-order chi connectivity index (χ1) is 8.25. The first-order valence-corrected chi connectivity index (χ1v) is 7.09. The van der Waals surface area contributed by atoms with Crippen molar-refractivity contribution in [1.82, 2.24) is 0 Å². The highest BCUT2D eigenvalue weighted by Crippen LogP contribution is 2.27. The van der Waals surface area contributed by atoms with Crippen LogP contribution < -0.4 is 5.32 Å². The topological polar surface area (TPSA) is 29.1 Å². The summed E-state index contributed by atoms with van der Waals surface area (Å²) in [6.07, 6.45) is 7.00. The monoisotopic (exact) mass is 295 g/mol. The average Bonchev–Trinajstić information content (AvgIpc) is 2.33. The molecule has 0 saturated heterocycles. The van der Waals surface area contributed by atoms with Crippen molar-refractivity contribution in [3.63, 3.8) is 0 Å². The molecule has 2 nitrogen and oxygen atoms in total. The third kappa shape index (κ3) is 3.84. The summed E-state index contributed by atoms with van der Waals surface area (Å²) >= 11 is 3.44. The van der Waals surface area contributed by atoms with Gasteiger partial charge in [0, 0.05) is 10.9 Å². The Labute approximate surface area is 111 Å². The van der Waals surface area contributed by atoms with Crippen LogP contribution in [0.5, 0.6) is 0 Å². The number of benzene rings is 1. The van der Waals surface area contributed by atoms with Crippen LogP contribution >= 0.6 is 15.9 Å². The largest absolute Gasteiger partial charge is 0.325 e. The van der Waals surface area contributed by atoms with E-state index in [1.165, 1.54) is 32.1 Å². The van der Waals surface area contributed by atoms with Gasteiger partial charge in [-0.05, 0) is 46.8 Å². The van der Waals surface area contributed by atoms with Gasteiger partial charge in [-0.3, -0.25) is 4.79 Å². The molecule has 0 aromatic heterocycles. The fourth-order valence-electron chi connectivity index (χ4n) is 2.42. The van der Waals surface area contributed by atoms with E-state index < -0.39 is 0 Å². The predicted molar refractivity (Wildman–Crippen MR) is 74.0 cm³/mol. The second kappa shape index (κ2) is 6.20. The number of anilines is 1. The standard InChI is InChI=1S/C14H18BrNO/c15-12-8-4-5-9-13(12)16-14(17)10-11-6-2-1-3-7-11/h4-5,8-9,11H,1-3,6-7,10H2,(H,16,17). The van der Waals surface area contributed by atoms with Crippen LogP contribution in [0, 0.1) is 5.92 Å². The fourth-order valence-corrected chi connectivity index (χ4v) is 2.80. The number of carbonyl (C=O) groups excluding carboxylic acids is 1. The third-order valence-electron chi connectivity index (χ3n) is 3.35. The first kappa shape index (κ1) is 12.6. The minimum absolute atomic E-state index is 0.142. The summed E-state index contributed by atoms with van der Waals surface area (Å²) in [5.74, 6) is 0.732. The lowest BCUT2D eigenvalue weighted by Crippen LogP contribution is -2.18. The van der Waals surface area contributed by atoms with Crippen LogP contribution in [0.25, 0.3) is 0 Å². The Morgan fingerprint density at radius 1 is 1.24 bits per heavy atom. The van der Waals surface area contributed by atoms with E-state index in [2.05, 4.69) is 21.2 Å². The van der Waals surface area contributed by atoms with Gasteiger partial charge in [-0.25, -0.2) is 0 Å². The van der Waals surface area contributed by atoms with Crippen LogP contribution in [0.3, 0.4) is 0 Å². The zero-order valence-corrected chi connectivity index (χ0v) is 11.5. The molecular weight excluding hydrogens is 278 g/mol. The summed E-state index contributed by atoms with van der Waals surface area (Å²) in [7, 11) is 0. The Hall–Kier alpha value is -0.830. The number of amides is 1. The Morgan fingerprint density at radius 2 is 1.94 bits per heavy atom. The highest BCUT2D eigenvalue weighted by Gasteiger charge is 2.17. The molecule has 0 radical (unpaired) electrons. The van der Waals surface area contributed by atoms with Crippen molar-refractivity contribution in [2.75, 3.05) is 5.32 Å². The summed E-state index contributed by atoms with van der Waals surface area (Å²) in [6, 6.07) is 7.74. The van der Waals surface area contributed by atoms with E-state index in [9.17, 15) is 4.79 Å². The molecule has 0 spiro atoms. The van der Waals surface area contributed by atoms with E-state index in [1.807, 2.05) is 24.3 Å². The molecule has 0 atom stereocenters. The number of carbonyl (C=O) groups is 1. The molecule has 0 aliphatic heterocycles. The lowest BCUT2D eigenvalue weighted by atomic mass is 9.87. The van der Waals surface area contributed by atoms with Gasteiger partial charge in [0.15, 0.2) is 0 Å². The maximum Gasteiger partial charge on any atom is 0.224 e. The summed E-state index contributed by atoms with van der Waals surface area (Å²) in [5, 5.41) is 2.97. The molecule has 92 valence electrons. The van der Waals surface area contributed by atoms with Crippen molar-refractivity contribution < 1.29 is 4.79 Å². The number of nitrogens with one attached hydrogen (secondary N) is 1. The molecule has 1 aromatic carbocycles. The number of para-hydroxylation sites is 1. The zero-order valence-electron chi connectivity index (χ0n) is 9.92. The molecule has 1 fully saturated rings. The van der Waals surface area contributed by atoms with Crippen molar-refractivity contribution in [3.05, 3.63) is 28.7 Å². The molecule has 0 heterocycles. The van der Waals surface area contributed by atoms with Gasteiger partial charge in [0.05, 0.1) is 5.69 Å². The normalized spacial score (nSPS) is 16.8. The van der Waals surface area contributed by atoms with Gasteiger partial charge in [-0.15, -0.1) is 0 Å². The second-order valence-corrected chi connectivity index (χ2v) is 5.59. The molecule has 0 bridgehead atoms. The van der Waals surface area contributed by atoms with E-state index in [-0.39, 0.29) is 5.91 Å². The Balaban J connectivity index is 1.86. The van der Waals surface area contributed by atoms with Gasteiger partial charge in [0.1, 0.15) is 0 Å². The third-order valence-corrected chi connectivity index (χ3v) is 4.04. The van der Waals surface area contributed by atoms with Gasteiger partial charge in [-0.1, -0.05) is 31.4 Å². The molecule has 1 aliphatic rings. The molecule has 1 amide bonds. The van der Waals surface area contributed by atoms with Crippen molar-refractivity contribution in [2.45, 2.75) is 38.5 Å². The first-order valence-electron chi connectivity index (χ1n) is 6.30. The molecule has 17 heavy (non-hydrogen) atoms. The Kier molecular flexibility index (Phi) is 4.60. The van der Waals surface area contributed by atoms with Crippen molar-refractivity contribution >= 4 is 27.5 Å². The molecule has 1 N–H and O–H groups in total.